The van der Waals surface area contributed by atoms with E-state index in [2.05, 4.69) is 4.72 Å². The number of methoxy groups -OCH3 is 1. The second-order valence-corrected chi connectivity index (χ2v) is 5.99. The van der Waals surface area contributed by atoms with Crippen LogP contribution < -0.4 is 9.46 Å². The SMILES string of the molecule is CCC(O)CNS(=O)(=O)c1ccc(OCCOC)cc1. The van der Waals surface area contributed by atoms with Gasteiger partial charge in [0, 0.05) is 13.7 Å². The Morgan fingerprint density at radius 3 is 2.45 bits per heavy atom. The molecule has 0 aliphatic heterocycles. The van der Waals surface area contributed by atoms with E-state index in [1.165, 1.54) is 12.1 Å². The monoisotopic (exact) mass is 303 g/mol. The van der Waals surface area contributed by atoms with E-state index in [0.29, 0.717) is 25.4 Å². The zero-order valence-electron chi connectivity index (χ0n) is 11.7. The molecule has 0 bridgehead atoms. The van der Waals surface area contributed by atoms with E-state index in [1.807, 2.05) is 0 Å². The van der Waals surface area contributed by atoms with Crippen LogP contribution >= 0.6 is 0 Å². The molecule has 0 radical (unpaired) electrons. The summed E-state index contributed by atoms with van der Waals surface area (Å²) < 4.78 is 36.4. The molecule has 1 aromatic carbocycles. The van der Waals surface area contributed by atoms with Crippen molar-refractivity contribution in [2.24, 2.45) is 0 Å². The molecule has 7 heteroatoms. The molecule has 0 aliphatic rings. The Morgan fingerprint density at radius 2 is 1.90 bits per heavy atom. The fourth-order valence-corrected chi connectivity index (χ4v) is 2.46. The van der Waals surface area contributed by atoms with Gasteiger partial charge in [-0.3, -0.25) is 0 Å². The number of benzene rings is 1. The molecule has 0 saturated carbocycles. The number of rotatable bonds is 9. The molecule has 1 aromatic rings. The van der Waals surface area contributed by atoms with Crippen molar-refractivity contribution < 1.29 is 23.0 Å². The van der Waals surface area contributed by atoms with Crippen molar-refractivity contribution in [3.8, 4) is 5.75 Å². The van der Waals surface area contributed by atoms with Gasteiger partial charge in [0.2, 0.25) is 10.0 Å². The lowest BCUT2D eigenvalue weighted by Gasteiger charge is -2.11. The van der Waals surface area contributed by atoms with E-state index in [-0.39, 0.29) is 11.4 Å². The lowest BCUT2D eigenvalue weighted by Crippen LogP contribution is -2.31. The summed E-state index contributed by atoms with van der Waals surface area (Å²) in [6, 6.07) is 6.09. The number of aliphatic hydroxyl groups is 1. The minimum Gasteiger partial charge on any atom is -0.491 e. The predicted octanol–water partition coefficient (Wildman–Crippen LogP) is 0.761. The molecule has 0 heterocycles. The lowest BCUT2D eigenvalue weighted by atomic mass is 10.3. The topological polar surface area (TPSA) is 84.9 Å². The van der Waals surface area contributed by atoms with Gasteiger partial charge in [-0.05, 0) is 30.7 Å². The summed E-state index contributed by atoms with van der Waals surface area (Å²) in [5, 5.41) is 9.37. The Kier molecular flexibility index (Phi) is 6.94. The van der Waals surface area contributed by atoms with Crippen LogP contribution in [0.4, 0.5) is 0 Å². The summed E-state index contributed by atoms with van der Waals surface area (Å²) in [6.07, 6.45) is -0.184. The number of hydrogen-bond donors (Lipinski definition) is 2. The van der Waals surface area contributed by atoms with Crippen molar-refractivity contribution in [2.75, 3.05) is 26.9 Å². The van der Waals surface area contributed by atoms with Crippen molar-refractivity contribution in [3.63, 3.8) is 0 Å². The molecule has 0 amide bonds. The van der Waals surface area contributed by atoms with Crippen LogP contribution in [-0.4, -0.2) is 46.5 Å². The molecule has 1 rings (SSSR count). The summed E-state index contributed by atoms with van der Waals surface area (Å²) in [4.78, 5) is 0.139. The van der Waals surface area contributed by atoms with Gasteiger partial charge in [0.25, 0.3) is 0 Å². The van der Waals surface area contributed by atoms with Gasteiger partial charge >= 0.3 is 0 Å². The van der Waals surface area contributed by atoms with E-state index in [9.17, 15) is 13.5 Å². The highest BCUT2D eigenvalue weighted by Crippen LogP contribution is 2.15. The molecular weight excluding hydrogens is 282 g/mol. The number of aliphatic hydroxyl groups excluding tert-OH is 1. The highest BCUT2D eigenvalue weighted by atomic mass is 32.2. The predicted molar refractivity (Wildman–Crippen MR) is 75.3 cm³/mol. The Bertz CT molecular complexity index is 486. The molecule has 0 aromatic heterocycles. The Hall–Kier alpha value is -1.15. The van der Waals surface area contributed by atoms with E-state index < -0.39 is 16.1 Å². The smallest absolute Gasteiger partial charge is 0.240 e. The fraction of sp³-hybridized carbons (Fsp3) is 0.538. The highest BCUT2D eigenvalue weighted by molar-refractivity contribution is 7.89. The van der Waals surface area contributed by atoms with Crippen LogP contribution in [0.25, 0.3) is 0 Å². The molecule has 20 heavy (non-hydrogen) atoms. The lowest BCUT2D eigenvalue weighted by molar-refractivity contribution is 0.146. The second kappa shape index (κ2) is 8.21. The Balaban J connectivity index is 2.62. The van der Waals surface area contributed by atoms with Crippen LogP contribution in [0, 0.1) is 0 Å². The second-order valence-electron chi connectivity index (χ2n) is 4.23. The Labute approximate surface area is 119 Å². The summed E-state index contributed by atoms with van der Waals surface area (Å²) in [5.41, 5.74) is 0. The van der Waals surface area contributed by atoms with Crippen LogP contribution in [0.3, 0.4) is 0 Å². The normalized spacial score (nSPS) is 13.2. The van der Waals surface area contributed by atoms with Crippen molar-refractivity contribution in [3.05, 3.63) is 24.3 Å². The van der Waals surface area contributed by atoms with E-state index in [0.717, 1.165) is 0 Å². The van der Waals surface area contributed by atoms with Gasteiger partial charge in [-0.15, -0.1) is 0 Å². The molecular formula is C13H21NO5S. The van der Waals surface area contributed by atoms with Crippen LogP contribution in [0.1, 0.15) is 13.3 Å². The summed E-state index contributed by atoms with van der Waals surface area (Å²) in [5.74, 6) is 0.578. The maximum atomic E-state index is 11.9. The first-order valence-corrected chi connectivity index (χ1v) is 7.87. The van der Waals surface area contributed by atoms with Crippen molar-refractivity contribution in [1.29, 1.82) is 0 Å². The molecule has 1 unspecified atom stereocenters. The number of sulfonamides is 1. The first-order chi connectivity index (χ1) is 9.49. The standard InChI is InChI=1S/C13H21NO5S/c1-3-11(15)10-14-20(16,17)13-6-4-12(5-7-13)19-9-8-18-2/h4-7,11,14-15H,3,8-10H2,1-2H3. The first-order valence-electron chi connectivity index (χ1n) is 6.39. The van der Waals surface area contributed by atoms with Crippen LogP contribution in [-0.2, 0) is 14.8 Å². The van der Waals surface area contributed by atoms with Gasteiger partial charge in [0.1, 0.15) is 12.4 Å². The van der Waals surface area contributed by atoms with Crippen LogP contribution in [0.2, 0.25) is 0 Å². The third-order valence-electron chi connectivity index (χ3n) is 2.67. The van der Waals surface area contributed by atoms with Crippen LogP contribution in [0.15, 0.2) is 29.2 Å². The third-order valence-corrected chi connectivity index (χ3v) is 4.11. The van der Waals surface area contributed by atoms with Gasteiger partial charge < -0.3 is 14.6 Å². The third kappa shape index (κ3) is 5.46. The first kappa shape index (κ1) is 16.9. The van der Waals surface area contributed by atoms with E-state index in [4.69, 9.17) is 9.47 Å². The van der Waals surface area contributed by atoms with Gasteiger partial charge in [-0.1, -0.05) is 6.92 Å². The average molecular weight is 303 g/mol. The maximum Gasteiger partial charge on any atom is 0.240 e. The molecule has 0 fully saturated rings. The number of hydrogen-bond acceptors (Lipinski definition) is 5. The molecule has 0 spiro atoms. The van der Waals surface area contributed by atoms with Gasteiger partial charge in [0.15, 0.2) is 0 Å². The van der Waals surface area contributed by atoms with E-state index in [1.54, 1.807) is 26.2 Å². The molecule has 2 N–H and O–H groups in total. The summed E-state index contributed by atoms with van der Waals surface area (Å²) >= 11 is 0. The zero-order valence-corrected chi connectivity index (χ0v) is 12.5. The van der Waals surface area contributed by atoms with E-state index >= 15 is 0 Å². The summed E-state index contributed by atoms with van der Waals surface area (Å²) in [7, 11) is -2.02. The minimum atomic E-state index is -3.60. The largest absolute Gasteiger partial charge is 0.491 e. The minimum absolute atomic E-state index is 0.00488. The zero-order chi connectivity index (χ0) is 15.0. The van der Waals surface area contributed by atoms with Crippen LogP contribution in [0.5, 0.6) is 5.75 Å². The maximum absolute atomic E-state index is 11.9. The summed E-state index contributed by atoms with van der Waals surface area (Å²) in [6.45, 7) is 2.66. The van der Waals surface area contributed by atoms with Gasteiger partial charge in [-0.25, -0.2) is 13.1 Å². The quantitative estimate of drug-likeness (QED) is 0.658. The number of ether oxygens (including phenoxy) is 2. The molecule has 0 aliphatic carbocycles. The van der Waals surface area contributed by atoms with Gasteiger partial charge in [-0.2, -0.15) is 0 Å². The Morgan fingerprint density at radius 1 is 1.25 bits per heavy atom. The molecule has 0 saturated heterocycles. The molecule has 6 nitrogen and oxygen atoms in total. The average Bonchev–Trinajstić information content (AvgIpc) is 2.45. The fourth-order valence-electron chi connectivity index (χ4n) is 1.39. The van der Waals surface area contributed by atoms with Crippen molar-refractivity contribution in [1.82, 2.24) is 4.72 Å². The van der Waals surface area contributed by atoms with Crippen molar-refractivity contribution in [2.45, 2.75) is 24.3 Å². The van der Waals surface area contributed by atoms with Gasteiger partial charge in [0.05, 0.1) is 17.6 Å². The molecule has 1 atom stereocenters. The highest BCUT2D eigenvalue weighted by Gasteiger charge is 2.15. The molecule has 114 valence electrons. The number of nitrogens with one attached hydrogen (secondary N) is 1. The van der Waals surface area contributed by atoms with Crippen molar-refractivity contribution >= 4 is 10.0 Å².